The zero-order valence-electron chi connectivity index (χ0n) is 7.24. The van der Waals surface area contributed by atoms with Crippen molar-refractivity contribution >= 4 is 11.6 Å². The first-order valence-corrected chi connectivity index (χ1v) is 4.85. The summed E-state index contributed by atoms with van der Waals surface area (Å²) in [6.45, 7) is 0.828. The highest BCUT2D eigenvalue weighted by Crippen LogP contribution is 2.25. The minimum absolute atomic E-state index is 0.124. The topological polar surface area (TPSA) is 35.0 Å². The van der Waals surface area contributed by atoms with Crippen molar-refractivity contribution in [1.29, 1.82) is 0 Å². The third-order valence-electron chi connectivity index (χ3n) is 2.16. The summed E-state index contributed by atoms with van der Waals surface area (Å²) >= 11 is 5.64. The second-order valence-electron chi connectivity index (χ2n) is 3.14. The number of ether oxygens (including phenoxy) is 1. The minimum atomic E-state index is 0.124. The molecule has 13 heavy (non-hydrogen) atoms. The quantitative estimate of drug-likeness (QED) is 0.695. The Morgan fingerprint density at radius 1 is 1.31 bits per heavy atom. The van der Waals surface area contributed by atoms with E-state index in [4.69, 9.17) is 16.3 Å². The predicted molar refractivity (Wildman–Crippen MR) is 49.6 cm³/mol. The van der Waals surface area contributed by atoms with Gasteiger partial charge in [0.2, 0.25) is 0 Å². The molecule has 4 heteroatoms. The van der Waals surface area contributed by atoms with Gasteiger partial charge < -0.3 is 4.74 Å². The predicted octanol–water partition coefficient (Wildman–Crippen LogP) is 2.37. The maximum atomic E-state index is 5.64. The van der Waals surface area contributed by atoms with Gasteiger partial charge >= 0.3 is 0 Å². The summed E-state index contributed by atoms with van der Waals surface area (Å²) in [4.78, 5) is 0. The molecule has 1 unspecified atom stereocenters. The number of hydrogen-bond acceptors (Lipinski definition) is 3. The number of hydrogen-bond donors (Lipinski definition) is 0. The van der Waals surface area contributed by atoms with E-state index >= 15 is 0 Å². The van der Waals surface area contributed by atoms with Crippen molar-refractivity contribution in [3.8, 4) is 0 Å². The van der Waals surface area contributed by atoms with Crippen molar-refractivity contribution in [3.63, 3.8) is 0 Å². The third-order valence-corrected chi connectivity index (χ3v) is 2.36. The van der Waals surface area contributed by atoms with Crippen LogP contribution in [-0.2, 0) is 4.74 Å². The Morgan fingerprint density at radius 3 is 2.85 bits per heavy atom. The van der Waals surface area contributed by atoms with Crippen LogP contribution in [0.3, 0.4) is 0 Å². The Morgan fingerprint density at radius 2 is 2.23 bits per heavy atom. The van der Waals surface area contributed by atoms with Crippen molar-refractivity contribution in [1.82, 2.24) is 10.2 Å². The zero-order chi connectivity index (χ0) is 9.10. The first-order chi connectivity index (χ1) is 6.36. The van der Waals surface area contributed by atoms with Gasteiger partial charge in [0.15, 0.2) is 5.15 Å². The minimum Gasteiger partial charge on any atom is -0.372 e. The van der Waals surface area contributed by atoms with E-state index in [-0.39, 0.29) is 6.10 Å². The van der Waals surface area contributed by atoms with E-state index in [2.05, 4.69) is 10.2 Å². The lowest BCUT2D eigenvalue weighted by Crippen LogP contribution is -2.13. The monoisotopic (exact) mass is 198 g/mol. The normalized spacial score (nSPS) is 23.0. The van der Waals surface area contributed by atoms with Gasteiger partial charge in [-0.05, 0) is 31.4 Å². The van der Waals surface area contributed by atoms with E-state index in [1.807, 2.05) is 6.07 Å². The van der Waals surface area contributed by atoms with E-state index in [0.29, 0.717) is 5.15 Å². The van der Waals surface area contributed by atoms with Crippen molar-refractivity contribution in [2.75, 3.05) is 6.61 Å². The average molecular weight is 199 g/mol. The Balaban J connectivity index is 2.10. The highest BCUT2D eigenvalue weighted by molar-refractivity contribution is 6.29. The molecule has 0 saturated carbocycles. The summed E-state index contributed by atoms with van der Waals surface area (Å²) in [5.74, 6) is 0. The van der Waals surface area contributed by atoms with Gasteiger partial charge in [-0.25, -0.2) is 0 Å². The number of halogens is 1. The largest absolute Gasteiger partial charge is 0.372 e. The molecule has 1 aliphatic heterocycles. The van der Waals surface area contributed by atoms with Crippen LogP contribution in [0.1, 0.15) is 31.1 Å². The highest BCUT2D eigenvalue weighted by atomic mass is 35.5. The second kappa shape index (κ2) is 4.03. The van der Waals surface area contributed by atoms with Gasteiger partial charge in [0, 0.05) is 6.61 Å². The molecule has 0 N–H and O–H groups in total. The fourth-order valence-electron chi connectivity index (χ4n) is 1.47. The Kier molecular flexibility index (Phi) is 2.76. The lowest BCUT2D eigenvalue weighted by atomic mass is 10.1. The fourth-order valence-corrected chi connectivity index (χ4v) is 1.57. The summed E-state index contributed by atoms with van der Waals surface area (Å²) in [6.07, 6.45) is 3.52. The van der Waals surface area contributed by atoms with Gasteiger partial charge in [-0.2, -0.15) is 5.10 Å². The van der Waals surface area contributed by atoms with Crippen LogP contribution in [0.25, 0.3) is 0 Å². The molecule has 0 bridgehead atoms. The van der Waals surface area contributed by atoms with Gasteiger partial charge in [-0.1, -0.05) is 11.6 Å². The number of aromatic nitrogens is 2. The first kappa shape index (κ1) is 8.91. The van der Waals surface area contributed by atoms with Gasteiger partial charge in [0.1, 0.15) is 6.10 Å². The molecule has 2 rings (SSSR count). The van der Waals surface area contributed by atoms with Crippen LogP contribution in [0.2, 0.25) is 5.15 Å². The SMILES string of the molecule is Clc1ccc(C2CCCCO2)nn1. The Hall–Kier alpha value is -0.670. The van der Waals surface area contributed by atoms with E-state index in [0.717, 1.165) is 25.1 Å². The van der Waals surface area contributed by atoms with Crippen LogP contribution in [0.4, 0.5) is 0 Å². The summed E-state index contributed by atoms with van der Waals surface area (Å²) in [5, 5.41) is 8.21. The van der Waals surface area contributed by atoms with E-state index < -0.39 is 0 Å². The zero-order valence-corrected chi connectivity index (χ0v) is 8.00. The van der Waals surface area contributed by atoms with Crippen LogP contribution < -0.4 is 0 Å². The molecule has 1 aliphatic rings. The van der Waals surface area contributed by atoms with Crippen LogP contribution >= 0.6 is 11.6 Å². The van der Waals surface area contributed by atoms with E-state index in [1.165, 1.54) is 6.42 Å². The standard InChI is InChI=1S/C9H11ClN2O/c10-9-5-4-7(11-12-9)8-3-1-2-6-13-8/h4-5,8H,1-3,6H2. The van der Waals surface area contributed by atoms with Crippen molar-refractivity contribution in [3.05, 3.63) is 23.0 Å². The van der Waals surface area contributed by atoms with Crippen LogP contribution in [0, 0.1) is 0 Å². The fraction of sp³-hybridized carbons (Fsp3) is 0.556. The molecule has 70 valence electrons. The molecule has 0 radical (unpaired) electrons. The summed E-state index contributed by atoms with van der Waals surface area (Å²) in [5.41, 5.74) is 0.893. The molecule has 2 heterocycles. The molecular formula is C9H11ClN2O. The number of nitrogens with zero attached hydrogens (tertiary/aromatic N) is 2. The Bertz CT molecular complexity index is 269. The molecule has 0 aliphatic carbocycles. The van der Waals surface area contributed by atoms with Gasteiger partial charge in [-0.15, -0.1) is 5.10 Å². The molecule has 1 atom stereocenters. The second-order valence-corrected chi connectivity index (χ2v) is 3.52. The number of rotatable bonds is 1. The summed E-state index contributed by atoms with van der Waals surface area (Å²) in [7, 11) is 0. The van der Waals surface area contributed by atoms with Crippen LogP contribution in [0.5, 0.6) is 0 Å². The lowest BCUT2D eigenvalue weighted by molar-refractivity contribution is 0.0118. The molecule has 3 nitrogen and oxygen atoms in total. The van der Waals surface area contributed by atoms with Crippen LogP contribution in [-0.4, -0.2) is 16.8 Å². The molecule has 1 aromatic rings. The van der Waals surface area contributed by atoms with Crippen molar-refractivity contribution in [2.24, 2.45) is 0 Å². The first-order valence-electron chi connectivity index (χ1n) is 4.47. The molecule has 1 fully saturated rings. The molecule has 1 aromatic heterocycles. The van der Waals surface area contributed by atoms with E-state index in [9.17, 15) is 0 Å². The van der Waals surface area contributed by atoms with Gasteiger partial charge in [0.05, 0.1) is 5.69 Å². The molecular weight excluding hydrogens is 188 g/mol. The maximum absolute atomic E-state index is 5.64. The summed E-state index contributed by atoms with van der Waals surface area (Å²) < 4.78 is 5.56. The molecule has 0 aromatic carbocycles. The average Bonchev–Trinajstić information content (AvgIpc) is 2.20. The van der Waals surface area contributed by atoms with Gasteiger partial charge in [-0.3, -0.25) is 0 Å². The van der Waals surface area contributed by atoms with Crippen LogP contribution in [0.15, 0.2) is 12.1 Å². The lowest BCUT2D eigenvalue weighted by Gasteiger charge is -2.21. The highest BCUT2D eigenvalue weighted by Gasteiger charge is 2.17. The summed E-state index contributed by atoms with van der Waals surface area (Å²) in [6, 6.07) is 3.63. The molecule has 1 saturated heterocycles. The Labute approximate surface area is 82.1 Å². The maximum Gasteiger partial charge on any atom is 0.151 e. The van der Waals surface area contributed by atoms with Crippen molar-refractivity contribution < 1.29 is 4.74 Å². The van der Waals surface area contributed by atoms with Gasteiger partial charge in [0.25, 0.3) is 0 Å². The molecule has 0 amide bonds. The smallest absolute Gasteiger partial charge is 0.151 e. The van der Waals surface area contributed by atoms with Crippen molar-refractivity contribution in [2.45, 2.75) is 25.4 Å². The third kappa shape index (κ3) is 2.17. The molecule has 0 spiro atoms. The van der Waals surface area contributed by atoms with E-state index in [1.54, 1.807) is 6.07 Å².